The van der Waals surface area contributed by atoms with Gasteiger partial charge in [0.05, 0.1) is 6.04 Å². The molecule has 120 valence electrons. The molecule has 22 heavy (non-hydrogen) atoms. The molecule has 0 N–H and O–H groups in total. The number of rotatable bonds is 2. The Labute approximate surface area is 133 Å². The Morgan fingerprint density at radius 1 is 1.14 bits per heavy atom. The highest BCUT2D eigenvalue weighted by Crippen LogP contribution is 2.31. The summed E-state index contributed by atoms with van der Waals surface area (Å²) in [5.74, 6) is 1.06. The maximum absolute atomic E-state index is 5.01. The minimum atomic E-state index is 0.0986. The van der Waals surface area contributed by atoms with Gasteiger partial charge < -0.3 is 9.47 Å². The van der Waals surface area contributed by atoms with Gasteiger partial charge in [0.2, 0.25) is 0 Å². The summed E-state index contributed by atoms with van der Waals surface area (Å²) in [6.45, 7) is 13.4. The normalized spacial score (nSPS) is 20.0. The average Bonchev–Trinajstić information content (AvgIpc) is 3.08. The number of likely N-dealkylation sites (tertiary alicyclic amines) is 1. The van der Waals surface area contributed by atoms with Gasteiger partial charge in [0, 0.05) is 35.1 Å². The van der Waals surface area contributed by atoms with Crippen molar-refractivity contribution in [2.24, 2.45) is 0 Å². The van der Waals surface area contributed by atoms with Gasteiger partial charge in [-0.15, -0.1) is 0 Å². The van der Waals surface area contributed by atoms with E-state index in [1.807, 2.05) is 0 Å². The van der Waals surface area contributed by atoms with E-state index in [9.17, 15) is 0 Å². The lowest BCUT2D eigenvalue weighted by Gasteiger charge is -2.23. The molecule has 0 bridgehead atoms. The SMILES string of the molecule is Cc1ccc(C)n1-c1cc(C(C)(C)C)n([C@H]2CCN(C)C2)n1. The second kappa shape index (κ2) is 5.27. The van der Waals surface area contributed by atoms with Gasteiger partial charge in [-0.3, -0.25) is 4.68 Å². The van der Waals surface area contributed by atoms with Gasteiger partial charge in [-0.25, -0.2) is 0 Å². The average molecular weight is 300 g/mol. The fraction of sp³-hybridized carbons (Fsp3) is 0.611. The molecular formula is C18H28N4. The summed E-state index contributed by atoms with van der Waals surface area (Å²) in [5, 5.41) is 5.01. The van der Waals surface area contributed by atoms with Gasteiger partial charge in [-0.1, -0.05) is 20.8 Å². The van der Waals surface area contributed by atoms with Gasteiger partial charge >= 0.3 is 0 Å². The number of aryl methyl sites for hydroxylation is 2. The van der Waals surface area contributed by atoms with E-state index in [-0.39, 0.29) is 5.41 Å². The molecule has 1 atom stereocenters. The minimum absolute atomic E-state index is 0.0986. The van der Waals surface area contributed by atoms with E-state index in [2.05, 4.69) is 74.0 Å². The van der Waals surface area contributed by atoms with E-state index in [1.165, 1.54) is 23.5 Å². The monoisotopic (exact) mass is 300 g/mol. The van der Waals surface area contributed by atoms with Crippen LogP contribution in [0.15, 0.2) is 18.2 Å². The lowest BCUT2D eigenvalue weighted by atomic mass is 9.91. The number of hydrogen-bond acceptors (Lipinski definition) is 2. The van der Waals surface area contributed by atoms with E-state index < -0.39 is 0 Å². The summed E-state index contributed by atoms with van der Waals surface area (Å²) < 4.78 is 4.54. The van der Waals surface area contributed by atoms with E-state index in [0.717, 1.165) is 18.9 Å². The van der Waals surface area contributed by atoms with Crippen LogP contribution in [0.25, 0.3) is 5.82 Å². The topological polar surface area (TPSA) is 26.0 Å². The van der Waals surface area contributed by atoms with E-state index in [4.69, 9.17) is 5.10 Å². The van der Waals surface area contributed by atoms with E-state index >= 15 is 0 Å². The Morgan fingerprint density at radius 3 is 2.27 bits per heavy atom. The zero-order valence-electron chi connectivity index (χ0n) is 14.7. The van der Waals surface area contributed by atoms with Crippen molar-refractivity contribution in [2.75, 3.05) is 20.1 Å². The molecule has 1 fully saturated rings. The standard InChI is InChI=1S/C18H28N4/c1-13-7-8-14(2)21(13)17-11-16(18(3,4)5)22(19-17)15-9-10-20(6)12-15/h7-8,11,15H,9-10,12H2,1-6H3/t15-/m0/s1. The smallest absolute Gasteiger partial charge is 0.159 e. The molecule has 1 aliphatic heterocycles. The fourth-order valence-corrected chi connectivity index (χ4v) is 3.47. The molecule has 0 radical (unpaired) electrons. The molecular weight excluding hydrogens is 272 g/mol. The molecule has 0 aromatic carbocycles. The van der Waals surface area contributed by atoms with Crippen molar-refractivity contribution >= 4 is 0 Å². The Bertz CT molecular complexity index is 652. The predicted octanol–water partition coefficient (Wildman–Crippen LogP) is 3.46. The van der Waals surface area contributed by atoms with Crippen molar-refractivity contribution < 1.29 is 0 Å². The number of likely N-dealkylation sites (N-methyl/N-ethyl adjacent to an activating group) is 1. The van der Waals surface area contributed by atoms with E-state index in [1.54, 1.807) is 0 Å². The first-order valence-corrected chi connectivity index (χ1v) is 8.21. The zero-order valence-corrected chi connectivity index (χ0v) is 14.7. The number of nitrogens with zero attached hydrogens (tertiary/aromatic N) is 4. The second-order valence-corrected chi connectivity index (χ2v) is 7.74. The van der Waals surface area contributed by atoms with Gasteiger partial charge in [-0.05, 0) is 46.0 Å². The first-order valence-electron chi connectivity index (χ1n) is 8.21. The van der Waals surface area contributed by atoms with Crippen molar-refractivity contribution in [1.82, 2.24) is 19.2 Å². The van der Waals surface area contributed by atoms with Crippen molar-refractivity contribution in [3.63, 3.8) is 0 Å². The molecule has 1 aliphatic rings. The molecule has 3 rings (SSSR count). The summed E-state index contributed by atoms with van der Waals surface area (Å²) in [7, 11) is 2.20. The highest BCUT2D eigenvalue weighted by molar-refractivity contribution is 5.35. The van der Waals surface area contributed by atoms with Gasteiger partial charge in [0.15, 0.2) is 5.82 Å². The lowest BCUT2D eigenvalue weighted by molar-refractivity contribution is 0.366. The van der Waals surface area contributed by atoms with Crippen LogP contribution in [-0.2, 0) is 5.41 Å². The summed E-state index contributed by atoms with van der Waals surface area (Å²) in [6.07, 6.45) is 1.18. The van der Waals surface area contributed by atoms with E-state index in [0.29, 0.717) is 6.04 Å². The Morgan fingerprint density at radius 2 is 1.77 bits per heavy atom. The van der Waals surface area contributed by atoms with Gasteiger partial charge in [0.25, 0.3) is 0 Å². The van der Waals surface area contributed by atoms with Crippen LogP contribution < -0.4 is 0 Å². The van der Waals surface area contributed by atoms with Crippen LogP contribution in [0.4, 0.5) is 0 Å². The van der Waals surface area contributed by atoms with Crippen LogP contribution in [-0.4, -0.2) is 39.4 Å². The molecule has 3 heterocycles. The predicted molar refractivity (Wildman–Crippen MR) is 90.9 cm³/mol. The maximum atomic E-state index is 5.01. The number of hydrogen-bond donors (Lipinski definition) is 0. The first kappa shape index (κ1) is 15.3. The van der Waals surface area contributed by atoms with Crippen molar-refractivity contribution in [3.05, 3.63) is 35.3 Å². The van der Waals surface area contributed by atoms with Crippen LogP contribution in [0.2, 0.25) is 0 Å². The van der Waals surface area contributed by atoms with Gasteiger partial charge in [0.1, 0.15) is 0 Å². The summed E-state index contributed by atoms with van der Waals surface area (Å²) >= 11 is 0. The summed E-state index contributed by atoms with van der Waals surface area (Å²) in [4.78, 5) is 2.39. The molecule has 1 saturated heterocycles. The molecule has 4 nitrogen and oxygen atoms in total. The molecule has 0 saturated carbocycles. The van der Waals surface area contributed by atoms with Crippen molar-refractivity contribution in [1.29, 1.82) is 0 Å². The fourth-order valence-electron chi connectivity index (χ4n) is 3.47. The quantitative estimate of drug-likeness (QED) is 0.849. The highest BCUT2D eigenvalue weighted by atomic mass is 15.4. The molecule has 0 spiro atoms. The van der Waals surface area contributed by atoms with Crippen LogP contribution in [0, 0.1) is 13.8 Å². The Kier molecular flexibility index (Phi) is 3.68. The van der Waals surface area contributed by atoms with Crippen molar-refractivity contribution in [2.45, 2.75) is 52.5 Å². The zero-order chi connectivity index (χ0) is 16.1. The summed E-state index contributed by atoms with van der Waals surface area (Å²) in [6, 6.07) is 7.09. The lowest BCUT2D eigenvalue weighted by Crippen LogP contribution is -2.24. The molecule has 2 aromatic rings. The van der Waals surface area contributed by atoms with Crippen LogP contribution in [0.3, 0.4) is 0 Å². The third-order valence-electron chi connectivity index (χ3n) is 4.70. The minimum Gasteiger partial charge on any atom is -0.304 e. The van der Waals surface area contributed by atoms with Crippen LogP contribution in [0.1, 0.15) is 50.3 Å². The molecule has 2 aromatic heterocycles. The Hall–Kier alpha value is -1.55. The largest absolute Gasteiger partial charge is 0.304 e. The van der Waals surface area contributed by atoms with Crippen LogP contribution >= 0.6 is 0 Å². The molecule has 4 heteroatoms. The van der Waals surface area contributed by atoms with Crippen molar-refractivity contribution in [3.8, 4) is 5.82 Å². The van der Waals surface area contributed by atoms with Gasteiger partial charge in [-0.2, -0.15) is 5.10 Å². The molecule has 0 unspecified atom stereocenters. The number of aromatic nitrogens is 3. The molecule has 0 amide bonds. The Balaban J connectivity index is 2.09. The van der Waals surface area contributed by atoms with Crippen LogP contribution in [0.5, 0.6) is 0 Å². The third kappa shape index (κ3) is 2.60. The second-order valence-electron chi connectivity index (χ2n) is 7.74. The summed E-state index contributed by atoms with van der Waals surface area (Å²) in [5.41, 5.74) is 3.91. The maximum Gasteiger partial charge on any atom is 0.159 e. The first-order chi connectivity index (χ1) is 10.3. The highest BCUT2D eigenvalue weighted by Gasteiger charge is 2.29. The molecule has 0 aliphatic carbocycles. The third-order valence-corrected chi connectivity index (χ3v) is 4.70.